The Labute approximate surface area is 229 Å². The first-order valence-corrected chi connectivity index (χ1v) is 13.6. The third kappa shape index (κ3) is 8.63. The molecule has 2 aliphatic rings. The van der Waals surface area contributed by atoms with Crippen molar-refractivity contribution < 1.29 is 47.9 Å². The molecule has 0 saturated carbocycles. The fraction of sp³-hybridized carbons (Fsp3) is 0.679. The summed E-state index contributed by atoms with van der Waals surface area (Å²) in [7, 11) is 1.21. The van der Waals surface area contributed by atoms with Crippen LogP contribution in [-0.2, 0) is 44.6 Å². The van der Waals surface area contributed by atoms with Crippen LogP contribution in [0.3, 0.4) is 0 Å². The van der Waals surface area contributed by atoms with Gasteiger partial charge in [-0.25, -0.2) is 9.59 Å². The molecule has 3 rings (SSSR count). The number of alkyl carbamates (subject to hydrolysis) is 1. The Morgan fingerprint density at radius 2 is 1.87 bits per heavy atom. The molecule has 0 radical (unpaired) electrons. The number of carbonyl (C=O) groups excluding carboxylic acids is 3. The van der Waals surface area contributed by atoms with Crippen LogP contribution in [0.4, 0.5) is 4.79 Å². The van der Waals surface area contributed by atoms with Gasteiger partial charge in [-0.3, -0.25) is 4.79 Å². The summed E-state index contributed by atoms with van der Waals surface area (Å²) < 4.78 is 33.8. The van der Waals surface area contributed by atoms with Crippen molar-refractivity contribution in [2.45, 2.75) is 102 Å². The predicted molar refractivity (Wildman–Crippen MR) is 138 cm³/mol. The van der Waals surface area contributed by atoms with E-state index in [0.717, 1.165) is 37.7 Å². The van der Waals surface area contributed by atoms with Crippen LogP contribution in [0.1, 0.15) is 64.4 Å². The topological polar surface area (TPSA) is 139 Å². The number of esters is 2. The Bertz CT molecular complexity index is 928. The molecule has 0 spiro atoms. The van der Waals surface area contributed by atoms with Gasteiger partial charge >= 0.3 is 18.0 Å². The largest absolute Gasteiger partial charge is 0.465 e. The molecule has 0 aromatic heterocycles. The van der Waals surface area contributed by atoms with Gasteiger partial charge in [0, 0.05) is 6.92 Å². The fourth-order valence-corrected chi connectivity index (χ4v) is 4.89. The number of hydrogen-bond donors (Lipinski definition) is 2. The molecule has 11 heteroatoms. The third-order valence-electron chi connectivity index (χ3n) is 6.83. The molecule has 1 aromatic carbocycles. The highest BCUT2D eigenvalue weighted by Crippen LogP contribution is 2.38. The number of amides is 1. The molecule has 1 aromatic rings. The van der Waals surface area contributed by atoms with E-state index < -0.39 is 54.3 Å². The lowest BCUT2D eigenvalue weighted by Gasteiger charge is -2.45. The van der Waals surface area contributed by atoms with Crippen LogP contribution in [0.25, 0.3) is 0 Å². The molecule has 6 atom stereocenters. The van der Waals surface area contributed by atoms with E-state index in [1.165, 1.54) is 14.0 Å². The van der Waals surface area contributed by atoms with Crippen LogP contribution < -0.4 is 5.32 Å². The molecular formula is C28H41NO10. The maximum atomic E-state index is 13.0. The summed E-state index contributed by atoms with van der Waals surface area (Å²) in [6.45, 7) is 3.55. The number of nitrogens with one attached hydrogen (secondary N) is 1. The molecule has 2 N–H and O–H groups in total. The fourth-order valence-electron chi connectivity index (χ4n) is 4.89. The van der Waals surface area contributed by atoms with Crippen molar-refractivity contribution in [2.24, 2.45) is 0 Å². The lowest BCUT2D eigenvalue weighted by molar-refractivity contribution is -0.308. The van der Waals surface area contributed by atoms with Gasteiger partial charge in [-0.2, -0.15) is 0 Å². The first-order chi connectivity index (χ1) is 18.8. The predicted octanol–water partition coefficient (Wildman–Crippen LogP) is 3.01. The van der Waals surface area contributed by atoms with Gasteiger partial charge < -0.3 is 38.8 Å². The average molecular weight is 552 g/mol. The number of rotatable bonds is 16. The molecule has 218 valence electrons. The summed E-state index contributed by atoms with van der Waals surface area (Å²) in [4.78, 5) is 37.3. The number of fused-ring (bicyclic) bond motifs is 1. The zero-order chi connectivity index (χ0) is 28.3. The second-order valence-corrected chi connectivity index (χ2v) is 9.90. The Kier molecular flexibility index (Phi) is 12.0. The zero-order valence-corrected chi connectivity index (χ0v) is 23.0. The first kappa shape index (κ1) is 30.8. The summed E-state index contributed by atoms with van der Waals surface area (Å²) in [5.41, 5.74) is 0.895. The van der Waals surface area contributed by atoms with Gasteiger partial charge in [0.25, 0.3) is 5.79 Å². The highest BCUT2D eigenvalue weighted by Gasteiger charge is 2.60. The van der Waals surface area contributed by atoms with Crippen molar-refractivity contribution in [1.82, 2.24) is 5.32 Å². The lowest BCUT2D eigenvalue weighted by Crippen LogP contribution is -2.66. The van der Waals surface area contributed by atoms with E-state index in [1.807, 2.05) is 30.3 Å². The van der Waals surface area contributed by atoms with Crippen LogP contribution in [0, 0.1) is 0 Å². The maximum Gasteiger partial charge on any atom is 0.407 e. The first-order valence-electron chi connectivity index (χ1n) is 13.6. The lowest BCUT2D eigenvalue weighted by atomic mass is 9.89. The second kappa shape index (κ2) is 15.2. The van der Waals surface area contributed by atoms with Crippen molar-refractivity contribution in [1.29, 1.82) is 0 Å². The maximum absolute atomic E-state index is 13.0. The number of aliphatic hydroxyl groups excluding tert-OH is 1. The standard InChI is InChI=1S/C28H41NO10/c1-4-5-6-7-8-12-15-36-28(26(32)34-3)16-22-23(29-27(33)38-22)25(39-28)24(37-19(2)30)21(31)18-35-17-20-13-10-9-11-14-20/h9-11,13-14,21-25,31H,4-8,12,15-18H2,1-3H3,(H,29,33)/t21-,22+,23-,24-,25-,28-/m1/s1. The van der Waals surface area contributed by atoms with E-state index in [-0.39, 0.29) is 26.2 Å². The summed E-state index contributed by atoms with van der Waals surface area (Å²) in [6, 6.07) is 8.55. The van der Waals surface area contributed by atoms with Crippen LogP contribution in [0.15, 0.2) is 30.3 Å². The highest BCUT2D eigenvalue weighted by molar-refractivity contribution is 5.79. The number of aliphatic hydroxyl groups is 1. The van der Waals surface area contributed by atoms with Gasteiger partial charge in [0.05, 0.1) is 39.4 Å². The second-order valence-electron chi connectivity index (χ2n) is 9.90. The smallest absolute Gasteiger partial charge is 0.407 e. The van der Waals surface area contributed by atoms with E-state index in [0.29, 0.717) is 6.42 Å². The zero-order valence-electron chi connectivity index (χ0n) is 23.0. The van der Waals surface area contributed by atoms with E-state index in [1.54, 1.807) is 0 Å². The van der Waals surface area contributed by atoms with Crippen LogP contribution in [0.2, 0.25) is 0 Å². The quantitative estimate of drug-likeness (QED) is 0.179. The molecule has 0 bridgehead atoms. The average Bonchev–Trinajstić information content (AvgIpc) is 3.30. The minimum Gasteiger partial charge on any atom is -0.465 e. The summed E-state index contributed by atoms with van der Waals surface area (Å²) >= 11 is 0. The number of hydrogen-bond acceptors (Lipinski definition) is 10. The van der Waals surface area contributed by atoms with Gasteiger partial charge in [0.15, 0.2) is 6.10 Å². The van der Waals surface area contributed by atoms with Gasteiger partial charge in [0.1, 0.15) is 18.3 Å². The van der Waals surface area contributed by atoms with Crippen molar-refractivity contribution in [2.75, 3.05) is 20.3 Å². The van der Waals surface area contributed by atoms with Gasteiger partial charge in [-0.15, -0.1) is 0 Å². The molecular weight excluding hydrogens is 510 g/mol. The van der Waals surface area contributed by atoms with Gasteiger partial charge in [-0.05, 0) is 12.0 Å². The third-order valence-corrected chi connectivity index (χ3v) is 6.83. The van der Waals surface area contributed by atoms with Crippen molar-refractivity contribution in [3.8, 4) is 0 Å². The highest BCUT2D eigenvalue weighted by atomic mass is 16.7. The number of ether oxygens (including phenoxy) is 6. The Balaban J connectivity index is 1.76. The Hall–Kier alpha value is -2.73. The number of methoxy groups -OCH3 is 1. The van der Waals surface area contributed by atoms with E-state index in [9.17, 15) is 19.5 Å². The Morgan fingerprint density at radius 1 is 1.15 bits per heavy atom. The van der Waals surface area contributed by atoms with Crippen molar-refractivity contribution in [3.05, 3.63) is 35.9 Å². The van der Waals surface area contributed by atoms with E-state index in [4.69, 9.17) is 28.4 Å². The molecule has 2 saturated heterocycles. The molecule has 0 unspecified atom stereocenters. The molecule has 0 aliphatic carbocycles. The Morgan fingerprint density at radius 3 is 2.56 bits per heavy atom. The normalized spacial score (nSPS) is 25.6. The molecule has 1 amide bonds. The molecule has 11 nitrogen and oxygen atoms in total. The summed E-state index contributed by atoms with van der Waals surface area (Å²) in [5, 5.41) is 13.7. The van der Waals surface area contributed by atoms with Crippen LogP contribution in [-0.4, -0.2) is 79.7 Å². The van der Waals surface area contributed by atoms with E-state index >= 15 is 0 Å². The van der Waals surface area contributed by atoms with Gasteiger partial charge in [0.2, 0.25) is 0 Å². The molecule has 2 fully saturated rings. The number of unbranched alkanes of at least 4 members (excludes halogenated alkanes) is 5. The monoisotopic (exact) mass is 551 g/mol. The molecule has 39 heavy (non-hydrogen) atoms. The summed E-state index contributed by atoms with van der Waals surface area (Å²) in [5.74, 6) is -3.41. The molecule has 2 aliphatic heterocycles. The minimum atomic E-state index is -1.92. The summed E-state index contributed by atoms with van der Waals surface area (Å²) in [6.07, 6.45) is 0.514. The van der Waals surface area contributed by atoms with E-state index in [2.05, 4.69) is 12.2 Å². The molecule has 2 heterocycles. The van der Waals surface area contributed by atoms with Crippen molar-refractivity contribution >= 4 is 18.0 Å². The minimum absolute atomic E-state index is 0.122. The SMILES string of the molecule is CCCCCCCCO[C@]1(C(=O)OC)C[C@@H]2OC(=O)N[C@H]2[C@H]([C@H](OC(C)=O)[C@H](O)COCc2ccccc2)O1. The van der Waals surface area contributed by atoms with Crippen LogP contribution >= 0.6 is 0 Å². The van der Waals surface area contributed by atoms with Crippen molar-refractivity contribution in [3.63, 3.8) is 0 Å². The number of carbonyl (C=O) groups is 3. The van der Waals surface area contributed by atoms with Crippen LogP contribution in [0.5, 0.6) is 0 Å². The number of benzene rings is 1. The van der Waals surface area contributed by atoms with Gasteiger partial charge in [-0.1, -0.05) is 69.4 Å².